The number of thioether (sulfide) groups is 1. The minimum Gasteiger partial charge on any atom is -0.451 e. The van der Waals surface area contributed by atoms with Crippen molar-refractivity contribution in [2.75, 3.05) is 0 Å². The number of fused-ring (bicyclic) bond motifs is 1. The first-order valence-electron chi connectivity index (χ1n) is 7.41. The van der Waals surface area contributed by atoms with Crippen LogP contribution in [0, 0.1) is 6.92 Å². The second-order valence-corrected chi connectivity index (χ2v) is 7.66. The molecule has 1 amide bonds. The van der Waals surface area contributed by atoms with Crippen LogP contribution in [0.25, 0.3) is 11.0 Å². The van der Waals surface area contributed by atoms with E-state index in [9.17, 15) is 4.79 Å². The van der Waals surface area contributed by atoms with Gasteiger partial charge >= 0.3 is 0 Å². The van der Waals surface area contributed by atoms with Crippen LogP contribution < -0.4 is 5.32 Å². The molecule has 0 saturated carbocycles. The van der Waals surface area contributed by atoms with Gasteiger partial charge in [-0.3, -0.25) is 4.79 Å². The fourth-order valence-electron chi connectivity index (χ4n) is 2.29. The SMILES string of the molecule is Cc1csc(SCc2c(C(=O)NC(C)C)oc3ccccc23)n1. The van der Waals surface area contributed by atoms with Crippen molar-refractivity contribution in [3.8, 4) is 0 Å². The molecule has 0 atom stereocenters. The second-order valence-electron chi connectivity index (χ2n) is 5.58. The van der Waals surface area contributed by atoms with Gasteiger partial charge in [-0.05, 0) is 26.8 Å². The van der Waals surface area contributed by atoms with Crippen LogP contribution in [-0.4, -0.2) is 16.9 Å². The molecule has 3 rings (SSSR count). The molecule has 120 valence electrons. The Kier molecular flexibility index (Phi) is 4.73. The summed E-state index contributed by atoms with van der Waals surface area (Å²) in [5.74, 6) is 0.896. The molecule has 0 bridgehead atoms. The summed E-state index contributed by atoms with van der Waals surface area (Å²) >= 11 is 3.25. The number of aromatic nitrogens is 1. The predicted molar refractivity (Wildman–Crippen MR) is 95.2 cm³/mol. The molecule has 1 aromatic carbocycles. The maximum absolute atomic E-state index is 12.4. The number of furan rings is 1. The maximum atomic E-state index is 12.4. The molecule has 2 heterocycles. The third-order valence-electron chi connectivity index (χ3n) is 3.26. The van der Waals surface area contributed by atoms with Crippen molar-refractivity contribution in [1.29, 1.82) is 0 Å². The van der Waals surface area contributed by atoms with Gasteiger partial charge in [-0.1, -0.05) is 30.0 Å². The molecular weight excluding hydrogens is 328 g/mol. The summed E-state index contributed by atoms with van der Waals surface area (Å²) in [4.78, 5) is 16.9. The number of nitrogens with one attached hydrogen (secondary N) is 1. The molecule has 0 aliphatic rings. The van der Waals surface area contributed by atoms with Gasteiger partial charge in [-0.25, -0.2) is 4.98 Å². The average molecular weight is 346 g/mol. The number of carbonyl (C=O) groups is 1. The average Bonchev–Trinajstić information content (AvgIpc) is 3.08. The largest absolute Gasteiger partial charge is 0.451 e. The van der Waals surface area contributed by atoms with Crippen LogP contribution in [0.4, 0.5) is 0 Å². The van der Waals surface area contributed by atoms with E-state index in [0.29, 0.717) is 11.5 Å². The molecule has 2 aromatic heterocycles. The first-order chi connectivity index (χ1) is 11.0. The lowest BCUT2D eigenvalue weighted by atomic mass is 10.1. The van der Waals surface area contributed by atoms with Gasteiger partial charge < -0.3 is 9.73 Å². The highest BCUT2D eigenvalue weighted by molar-refractivity contribution is 8.00. The van der Waals surface area contributed by atoms with Crippen LogP contribution in [0.2, 0.25) is 0 Å². The van der Waals surface area contributed by atoms with Crippen LogP contribution in [0.1, 0.15) is 35.7 Å². The van der Waals surface area contributed by atoms with Crippen LogP contribution in [0.15, 0.2) is 38.4 Å². The fraction of sp³-hybridized carbons (Fsp3) is 0.294. The zero-order valence-corrected chi connectivity index (χ0v) is 14.9. The number of benzene rings is 1. The Balaban J connectivity index is 1.93. The highest BCUT2D eigenvalue weighted by Gasteiger charge is 2.21. The molecule has 0 fully saturated rings. The first-order valence-corrected chi connectivity index (χ1v) is 9.27. The number of thiazole rings is 1. The van der Waals surface area contributed by atoms with E-state index >= 15 is 0 Å². The van der Waals surface area contributed by atoms with Gasteiger partial charge in [0.25, 0.3) is 5.91 Å². The molecule has 6 heteroatoms. The van der Waals surface area contributed by atoms with Gasteiger partial charge in [-0.2, -0.15) is 0 Å². The molecule has 3 aromatic rings. The first kappa shape index (κ1) is 16.1. The van der Waals surface area contributed by atoms with Crippen molar-refractivity contribution in [3.63, 3.8) is 0 Å². The number of carbonyl (C=O) groups excluding carboxylic acids is 1. The number of aryl methyl sites for hydroxylation is 1. The van der Waals surface area contributed by atoms with Crippen molar-refractivity contribution >= 4 is 40.0 Å². The van der Waals surface area contributed by atoms with E-state index in [0.717, 1.165) is 26.6 Å². The Bertz CT molecular complexity index is 836. The lowest BCUT2D eigenvalue weighted by molar-refractivity contribution is 0.0916. The van der Waals surface area contributed by atoms with E-state index in [1.807, 2.05) is 50.4 Å². The molecule has 4 nitrogen and oxygen atoms in total. The molecule has 23 heavy (non-hydrogen) atoms. The van der Waals surface area contributed by atoms with Gasteiger partial charge in [0.15, 0.2) is 5.76 Å². The van der Waals surface area contributed by atoms with Gasteiger partial charge in [0.05, 0.1) is 0 Å². The summed E-state index contributed by atoms with van der Waals surface area (Å²) in [7, 11) is 0. The fourth-order valence-corrected chi connectivity index (χ4v) is 4.16. The molecule has 0 spiro atoms. The highest BCUT2D eigenvalue weighted by atomic mass is 32.2. The zero-order chi connectivity index (χ0) is 16.4. The Hall–Kier alpha value is -1.79. The monoisotopic (exact) mass is 346 g/mol. The van der Waals surface area contributed by atoms with Crippen LogP contribution in [-0.2, 0) is 5.75 Å². The number of hydrogen-bond donors (Lipinski definition) is 1. The highest BCUT2D eigenvalue weighted by Crippen LogP contribution is 2.33. The maximum Gasteiger partial charge on any atom is 0.287 e. The second kappa shape index (κ2) is 6.76. The number of rotatable bonds is 5. The topological polar surface area (TPSA) is 55.1 Å². The standard InChI is InChI=1S/C17H18N2O2S2/c1-10(2)18-16(20)15-13(9-23-17-19-11(3)8-22-17)12-6-4-5-7-14(12)21-15/h4-8,10H,9H2,1-3H3,(H,18,20). The summed E-state index contributed by atoms with van der Waals surface area (Å²) in [5.41, 5.74) is 2.69. The van der Waals surface area contributed by atoms with Crippen molar-refractivity contribution < 1.29 is 9.21 Å². The minimum absolute atomic E-state index is 0.0674. The number of para-hydroxylation sites is 1. The smallest absolute Gasteiger partial charge is 0.287 e. The lowest BCUT2D eigenvalue weighted by Gasteiger charge is -2.07. The van der Waals surface area contributed by atoms with Gasteiger partial charge in [0, 0.05) is 33.8 Å². The molecule has 0 saturated heterocycles. The molecule has 0 aliphatic heterocycles. The number of nitrogens with zero attached hydrogens (tertiary/aromatic N) is 1. The van der Waals surface area contributed by atoms with Crippen molar-refractivity contribution in [2.24, 2.45) is 0 Å². The molecule has 0 aliphatic carbocycles. The zero-order valence-electron chi connectivity index (χ0n) is 13.3. The Morgan fingerprint density at radius 1 is 1.39 bits per heavy atom. The van der Waals surface area contributed by atoms with Crippen molar-refractivity contribution in [1.82, 2.24) is 10.3 Å². The third kappa shape index (κ3) is 3.59. The summed E-state index contributed by atoms with van der Waals surface area (Å²) < 4.78 is 6.82. The molecule has 0 radical (unpaired) electrons. The van der Waals surface area contributed by atoms with Gasteiger partial charge in [0.2, 0.25) is 0 Å². The van der Waals surface area contributed by atoms with Gasteiger partial charge in [0.1, 0.15) is 9.92 Å². The summed E-state index contributed by atoms with van der Waals surface area (Å²) in [6, 6.07) is 7.83. The normalized spacial score (nSPS) is 11.3. The van der Waals surface area contributed by atoms with E-state index in [4.69, 9.17) is 4.42 Å². The Morgan fingerprint density at radius 3 is 2.87 bits per heavy atom. The van der Waals surface area contributed by atoms with E-state index in [1.165, 1.54) is 0 Å². The van der Waals surface area contributed by atoms with Gasteiger partial charge in [-0.15, -0.1) is 11.3 Å². The van der Waals surface area contributed by atoms with Crippen LogP contribution in [0.3, 0.4) is 0 Å². The van der Waals surface area contributed by atoms with E-state index in [-0.39, 0.29) is 11.9 Å². The van der Waals surface area contributed by atoms with E-state index in [1.54, 1.807) is 23.1 Å². The summed E-state index contributed by atoms with van der Waals surface area (Å²) in [6.45, 7) is 5.86. The van der Waals surface area contributed by atoms with E-state index in [2.05, 4.69) is 10.3 Å². The summed E-state index contributed by atoms with van der Waals surface area (Å²) in [5, 5.41) is 5.93. The predicted octanol–water partition coefficient (Wildman–Crippen LogP) is 4.63. The van der Waals surface area contributed by atoms with Crippen LogP contribution in [0.5, 0.6) is 0 Å². The lowest BCUT2D eigenvalue weighted by Crippen LogP contribution is -2.30. The van der Waals surface area contributed by atoms with E-state index < -0.39 is 0 Å². The molecule has 1 N–H and O–H groups in total. The minimum atomic E-state index is -0.165. The number of amides is 1. The molecule has 0 unspecified atom stereocenters. The number of hydrogen-bond acceptors (Lipinski definition) is 5. The summed E-state index contributed by atoms with van der Waals surface area (Å²) in [6.07, 6.45) is 0. The van der Waals surface area contributed by atoms with Crippen LogP contribution >= 0.6 is 23.1 Å². The Morgan fingerprint density at radius 2 is 2.17 bits per heavy atom. The molecular formula is C17H18N2O2S2. The quantitative estimate of drug-likeness (QED) is 0.685. The van der Waals surface area contributed by atoms with Crippen molar-refractivity contribution in [3.05, 3.63) is 46.7 Å². The Labute approximate surface area is 143 Å². The van der Waals surface area contributed by atoms with Crippen molar-refractivity contribution in [2.45, 2.75) is 36.9 Å². The third-order valence-corrected chi connectivity index (χ3v) is 5.43.